The number of nitrogens with zero attached hydrogens (tertiary/aromatic N) is 1. The Balaban J connectivity index is 2.68. The van der Waals surface area contributed by atoms with Crippen molar-refractivity contribution in [3.05, 3.63) is 34.4 Å². The molecule has 0 amide bonds. The summed E-state index contributed by atoms with van der Waals surface area (Å²) in [6.45, 7) is 0.999. The second kappa shape index (κ2) is 3.69. The fraction of sp³-hybridized carbons (Fsp3) is 0.222. The van der Waals surface area contributed by atoms with Crippen molar-refractivity contribution in [2.24, 2.45) is 5.73 Å². The molecule has 0 saturated heterocycles. The number of halogens is 1. The molecule has 0 aliphatic rings. The number of benzene rings is 1. The van der Waals surface area contributed by atoms with E-state index in [0.29, 0.717) is 18.5 Å². The van der Waals surface area contributed by atoms with E-state index in [1.807, 2.05) is 0 Å². The summed E-state index contributed by atoms with van der Waals surface area (Å²) >= 11 is -0.0283. The second-order valence-corrected chi connectivity index (χ2v) is 5.16. The Bertz CT molecular complexity index is 517. The van der Waals surface area contributed by atoms with Crippen LogP contribution in [0.1, 0.15) is 0 Å². The normalized spacial score (nSPS) is 11.0. The van der Waals surface area contributed by atoms with E-state index < -0.39 is 0 Å². The van der Waals surface area contributed by atoms with Gasteiger partial charge in [0, 0.05) is 0 Å². The average Bonchev–Trinajstić information content (AvgIpc) is 2.46. The summed E-state index contributed by atoms with van der Waals surface area (Å²) in [5, 5.41) is 0.499. The zero-order chi connectivity index (χ0) is 10.1. The molecular weight excluding hydrogens is 250 g/mol. The summed E-state index contributed by atoms with van der Waals surface area (Å²) in [5.74, 6) is -0.359. The van der Waals surface area contributed by atoms with Crippen LogP contribution in [0.15, 0.2) is 23.0 Å². The van der Waals surface area contributed by atoms with Crippen molar-refractivity contribution in [3.8, 4) is 0 Å². The van der Waals surface area contributed by atoms with E-state index in [1.165, 1.54) is 12.1 Å². The van der Waals surface area contributed by atoms with Crippen LogP contribution in [0.2, 0.25) is 0 Å². The quantitative estimate of drug-likeness (QED) is 0.781. The molecule has 2 aromatic rings. The van der Waals surface area contributed by atoms with Gasteiger partial charge in [0.15, 0.2) is 0 Å². The minimum absolute atomic E-state index is 0.0283. The molecule has 0 radical (unpaired) electrons. The number of aromatic nitrogens is 1. The minimum atomic E-state index is -0.359. The van der Waals surface area contributed by atoms with Crippen LogP contribution in [0.25, 0.3) is 9.65 Å². The molecule has 0 spiro atoms. The Hall–Kier alpha value is -0.901. The molecule has 0 unspecified atom stereocenters. The molecule has 0 aliphatic heterocycles. The maximum atomic E-state index is 12.9. The Morgan fingerprint density at radius 3 is 3.00 bits per heavy atom. The summed E-state index contributed by atoms with van der Waals surface area (Å²) < 4.78 is 15.5. The first kappa shape index (κ1) is 9.65. The van der Waals surface area contributed by atoms with Gasteiger partial charge in [-0.3, -0.25) is 0 Å². The van der Waals surface area contributed by atoms with Crippen LogP contribution in [0.5, 0.6) is 0 Å². The monoisotopic (exact) mass is 260 g/mol. The zero-order valence-corrected chi connectivity index (χ0v) is 9.08. The Morgan fingerprint density at radius 1 is 1.50 bits per heavy atom. The molecule has 1 aromatic carbocycles. The third-order valence-electron chi connectivity index (χ3n) is 1.94. The van der Waals surface area contributed by atoms with E-state index in [9.17, 15) is 9.18 Å². The summed E-state index contributed by atoms with van der Waals surface area (Å²) in [6, 6.07) is 4.37. The van der Waals surface area contributed by atoms with Crippen LogP contribution in [0.4, 0.5) is 4.39 Å². The molecule has 3 nitrogen and oxygen atoms in total. The van der Waals surface area contributed by atoms with Crippen LogP contribution in [-0.2, 0) is 6.54 Å². The fourth-order valence-electron chi connectivity index (χ4n) is 1.31. The average molecular weight is 259 g/mol. The molecule has 0 atom stereocenters. The molecule has 0 bridgehead atoms. The van der Waals surface area contributed by atoms with E-state index in [-0.39, 0.29) is 26.1 Å². The molecule has 5 heteroatoms. The van der Waals surface area contributed by atoms with Crippen molar-refractivity contribution in [1.29, 1.82) is 0 Å². The van der Waals surface area contributed by atoms with Crippen molar-refractivity contribution < 1.29 is 4.39 Å². The molecule has 2 rings (SSSR count). The molecule has 0 fully saturated rings. The van der Waals surface area contributed by atoms with E-state index in [2.05, 4.69) is 0 Å². The summed E-state index contributed by atoms with van der Waals surface area (Å²) in [6.07, 6.45) is 0. The molecule has 0 aliphatic carbocycles. The summed E-state index contributed by atoms with van der Waals surface area (Å²) in [5.41, 5.74) is 5.28. The van der Waals surface area contributed by atoms with Crippen LogP contribution in [0.3, 0.4) is 0 Å². The first-order chi connectivity index (χ1) is 6.72. The molecule has 14 heavy (non-hydrogen) atoms. The van der Waals surface area contributed by atoms with Crippen LogP contribution >= 0.6 is 0 Å². The van der Waals surface area contributed by atoms with Gasteiger partial charge in [-0.05, 0) is 0 Å². The standard InChI is InChI=1S/C9H9FN2OSe/c10-6-1-2-8-7(5-6)9(13)12(14-8)4-3-11/h1-2,5H,3-4,11H2. The summed E-state index contributed by atoms with van der Waals surface area (Å²) in [4.78, 5) is 11.7. The van der Waals surface area contributed by atoms with Crippen molar-refractivity contribution in [2.75, 3.05) is 6.54 Å². The van der Waals surface area contributed by atoms with E-state index in [4.69, 9.17) is 5.73 Å². The Labute approximate surface area is 85.9 Å². The predicted molar refractivity (Wildman–Crippen MR) is 54.2 cm³/mol. The third-order valence-corrected chi connectivity index (χ3v) is 4.29. The van der Waals surface area contributed by atoms with Crippen molar-refractivity contribution in [2.45, 2.75) is 6.54 Å². The number of fused-ring (bicyclic) bond motifs is 1. The van der Waals surface area contributed by atoms with E-state index in [1.54, 1.807) is 9.63 Å². The van der Waals surface area contributed by atoms with Gasteiger partial charge >= 0.3 is 85.5 Å². The van der Waals surface area contributed by atoms with Crippen molar-refractivity contribution >= 4 is 24.4 Å². The van der Waals surface area contributed by atoms with Gasteiger partial charge in [0.25, 0.3) is 0 Å². The van der Waals surface area contributed by atoms with Gasteiger partial charge in [0.2, 0.25) is 0 Å². The van der Waals surface area contributed by atoms with E-state index >= 15 is 0 Å². The first-order valence-corrected chi connectivity index (χ1v) is 5.84. The van der Waals surface area contributed by atoms with Gasteiger partial charge in [0.1, 0.15) is 0 Å². The molecule has 0 saturated carbocycles. The molecule has 2 N–H and O–H groups in total. The Kier molecular flexibility index (Phi) is 2.54. The van der Waals surface area contributed by atoms with Gasteiger partial charge in [-0.15, -0.1) is 0 Å². The summed E-state index contributed by atoms with van der Waals surface area (Å²) in [7, 11) is 0. The van der Waals surface area contributed by atoms with Crippen LogP contribution in [-0.4, -0.2) is 24.8 Å². The zero-order valence-electron chi connectivity index (χ0n) is 7.37. The molecule has 1 heterocycles. The number of hydrogen-bond donors (Lipinski definition) is 1. The van der Waals surface area contributed by atoms with Crippen molar-refractivity contribution in [3.63, 3.8) is 0 Å². The number of rotatable bonds is 2. The van der Waals surface area contributed by atoms with Gasteiger partial charge in [-0.1, -0.05) is 0 Å². The van der Waals surface area contributed by atoms with Gasteiger partial charge in [0.05, 0.1) is 0 Å². The first-order valence-electron chi connectivity index (χ1n) is 4.22. The van der Waals surface area contributed by atoms with Crippen LogP contribution < -0.4 is 11.3 Å². The topological polar surface area (TPSA) is 48.0 Å². The third kappa shape index (κ3) is 1.54. The number of nitrogens with two attached hydrogens (primary N) is 1. The SMILES string of the molecule is NCCn1[se]c2ccc(F)cc2c1=O. The van der Waals surface area contributed by atoms with Crippen LogP contribution in [0, 0.1) is 5.82 Å². The molecular formula is C9H9FN2OSe. The molecule has 74 valence electrons. The fourth-order valence-corrected chi connectivity index (χ4v) is 3.38. The van der Waals surface area contributed by atoms with Crippen molar-refractivity contribution in [1.82, 2.24) is 3.56 Å². The number of hydrogen-bond acceptors (Lipinski definition) is 2. The molecule has 1 aromatic heterocycles. The van der Waals surface area contributed by atoms with E-state index in [0.717, 1.165) is 4.26 Å². The predicted octanol–water partition coefficient (Wildman–Crippen LogP) is 0.156. The van der Waals surface area contributed by atoms with Gasteiger partial charge in [-0.2, -0.15) is 0 Å². The second-order valence-electron chi connectivity index (χ2n) is 2.93. The van der Waals surface area contributed by atoms with Gasteiger partial charge < -0.3 is 0 Å². The Morgan fingerprint density at radius 2 is 2.29 bits per heavy atom. The van der Waals surface area contributed by atoms with Gasteiger partial charge in [-0.25, -0.2) is 0 Å². The maximum absolute atomic E-state index is 12.9.